The molecule has 0 saturated carbocycles. The van der Waals surface area contributed by atoms with Crippen molar-refractivity contribution in [2.75, 3.05) is 0 Å². The minimum atomic E-state index is -0.324. The highest BCUT2D eigenvalue weighted by atomic mass is 32.1. The van der Waals surface area contributed by atoms with Gasteiger partial charge in [-0.3, -0.25) is 14.3 Å². The molecule has 0 fully saturated rings. The van der Waals surface area contributed by atoms with Gasteiger partial charge in [-0.25, -0.2) is 4.79 Å². The van der Waals surface area contributed by atoms with Gasteiger partial charge in [0.2, 0.25) is 0 Å². The molecule has 0 amide bonds. The molecule has 5 heteroatoms. The van der Waals surface area contributed by atoms with Gasteiger partial charge in [0.25, 0.3) is 5.56 Å². The summed E-state index contributed by atoms with van der Waals surface area (Å²) in [6.45, 7) is 4.72. The maximum absolute atomic E-state index is 12.3. The summed E-state index contributed by atoms with van der Waals surface area (Å²) in [4.78, 5) is 28.8. The van der Waals surface area contributed by atoms with Crippen LogP contribution in [0.1, 0.15) is 24.3 Å². The Hall–Kier alpha value is -2.66. The Labute approximate surface area is 154 Å². The normalized spacial score (nSPS) is 11.7. The maximum Gasteiger partial charge on any atom is 0.329 e. The van der Waals surface area contributed by atoms with Crippen molar-refractivity contribution >= 4 is 32.3 Å². The lowest BCUT2D eigenvalue weighted by molar-refractivity contribution is 0.517. The summed E-state index contributed by atoms with van der Waals surface area (Å²) in [7, 11) is 0. The average Bonchev–Trinajstić information content (AvgIpc) is 3.03. The summed E-state index contributed by atoms with van der Waals surface area (Å²) in [6.07, 6.45) is 0.746. The van der Waals surface area contributed by atoms with Gasteiger partial charge in [-0.05, 0) is 28.3 Å². The van der Waals surface area contributed by atoms with E-state index in [-0.39, 0.29) is 11.2 Å². The van der Waals surface area contributed by atoms with Crippen LogP contribution in [0.25, 0.3) is 21.0 Å². The molecule has 0 aliphatic rings. The van der Waals surface area contributed by atoms with E-state index in [9.17, 15) is 9.59 Å². The van der Waals surface area contributed by atoms with Crippen LogP contribution in [0.3, 0.4) is 0 Å². The second kappa shape index (κ2) is 6.57. The number of aromatic nitrogens is 2. The van der Waals surface area contributed by atoms with Crippen LogP contribution in [0.2, 0.25) is 0 Å². The molecule has 26 heavy (non-hydrogen) atoms. The first kappa shape index (κ1) is 16.8. The van der Waals surface area contributed by atoms with Crippen molar-refractivity contribution in [3.05, 3.63) is 79.8 Å². The quantitative estimate of drug-likeness (QED) is 0.591. The molecular formula is C21H20N2O2S. The first-order valence-corrected chi connectivity index (χ1v) is 9.57. The minimum absolute atomic E-state index is 0.301. The van der Waals surface area contributed by atoms with Crippen molar-refractivity contribution < 1.29 is 0 Å². The molecule has 0 atom stereocenters. The number of thiophene rings is 1. The number of H-pyrrole nitrogens is 1. The number of hydrogen-bond donors (Lipinski definition) is 1. The number of benzene rings is 2. The SMILES string of the molecule is CC(C)Cn1c(=O)[nH]c(=O)c2cc(Cc3cccc4ccccc34)sc21. The number of hydrogen-bond acceptors (Lipinski definition) is 3. The summed E-state index contributed by atoms with van der Waals surface area (Å²) in [5.41, 5.74) is 0.601. The predicted octanol–water partition coefficient (Wildman–Crippen LogP) is 4.15. The fourth-order valence-electron chi connectivity index (χ4n) is 3.37. The van der Waals surface area contributed by atoms with E-state index >= 15 is 0 Å². The Kier molecular flexibility index (Phi) is 4.24. The standard InChI is InChI=1S/C21H20N2O2S/c1-13(2)12-23-20-18(19(24)22-21(23)25)11-16(26-20)10-15-8-5-7-14-6-3-4-9-17(14)15/h3-9,11,13H,10,12H2,1-2H3,(H,22,24,25). The monoisotopic (exact) mass is 364 g/mol. The van der Waals surface area contributed by atoms with Gasteiger partial charge in [0, 0.05) is 17.8 Å². The fourth-order valence-corrected chi connectivity index (χ4v) is 4.55. The predicted molar refractivity (Wildman–Crippen MR) is 108 cm³/mol. The number of aromatic amines is 1. The van der Waals surface area contributed by atoms with E-state index in [4.69, 9.17) is 0 Å². The van der Waals surface area contributed by atoms with Crippen LogP contribution < -0.4 is 11.2 Å². The molecule has 0 bridgehead atoms. The molecule has 0 aliphatic heterocycles. The molecular weight excluding hydrogens is 344 g/mol. The molecule has 4 aromatic rings. The molecule has 0 saturated heterocycles. The molecule has 2 aromatic carbocycles. The van der Waals surface area contributed by atoms with Crippen molar-refractivity contribution in [2.24, 2.45) is 5.92 Å². The van der Waals surface area contributed by atoms with Gasteiger partial charge in [-0.2, -0.15) is 0 Å². The molecule has 4 nitrogen and oxygen atoms in total. The van der Waals surface area contributed by atoms with Gasteiger partial charge < -0.3 is 0 Å². The van der Waals surface area contributed by atoms with E-state index in [1.54, 1.807) is 15.9 Å². The van der Waals surface area contributed by atoms with Gasteiger partial charge >= 0.3 is 5.69 Å². The van der Waals surface area contributed by atoms with E-state index in [1.807, 2.05) is 18.2 Å². The van der Waals surface area contributed by atoms with Crippen LogP contribution in [0.4, 0.5) is 0 Å². The Morgan fingerprint density at radius 1 is 1.04 bits per heavy atom. The van der Waals surface area contributed by atoms with Crippen LogP contribution in [0.15, 0.2) is 58.1 Å². The van der Waals surface area contributed by atoms with Crippen LogP contribution >= 0.6 is 11.3 Å². The molecule has 0 unspecified atom stereocenters. The molecule has 0 radical (unpaired) electrons. The summed E-state index contributed by atoms with van der Waals surface area (Å²) in [6, 6.07) is 16.5. The highest BCUT2D eigenvalue weighted by molar-refractivity contribution is 7.18. The third-order valence-corrected chi connectivity index (χ3v) is 5.67. The largest absolute Gasteiger partial charge is 0.329 e. The average molecular weight is 364 g/mol. The summed E-state index contributed by atoms with van der Waals surface area (Å²) in [5.74, 6) is 0.324. The number of nitrogens with zero attached hydrogens (tertiary/aromatic N) is 1. The molecule has 2 heterocycles. The second-order valence-electron chi connectivity index (χ2n) is 7.01. The highest BCUT2D eigenvalue weighted by Gasteiger charge is 2.14. The van der Waals surface area contributed by atoms with Gasteiger partial charge in [-0.1, -0.05) is 56.3 Å². The lowest BCUT2D eigenvalue weighted by Crippen LogP contribution is -2.30. The maximum atomic E-state index is 12.3. The zero-order valence-corrected chi connectivity index (χ0v) is 15.6. The van der Waals surface area contributed by atoms with Crippen molar-refractivity contribution in [3.63, 3.8) is 0 Å². The van der Waals surface area contributed by atoms with Gasteiger partial charge in [0.15, 0.2) is 0 Å². The van der Waals surface area contributed by atoms with Gasteiger partial charge in [0.05, 0.1) is 5.39 Å². The first-order valence-electron chi connectivity index (χ1n) is 8.75. The smallest absolute Gasteiger partial charge is 0.284 e. The van der Waals surface area contributed by atoms with E-state index in [0.29, 0.717) is 17.8 Å². The first-order chi connectivity index (χ1) is 12.5. The van der Waals surface area contributed by atoms with Crippen LogP contribution in [0.5, 0.6) is 0 Å². The van der Waals surface area contributed by atoms with Crippen molar-refractivity contribution in [2.45, 2.75) is 26.8 Å². The topological polar surface area (TPSA) is 54.9 Å². The molecule has 2 aromatic heterocycles. The van der Waals surface area contributed by atoms with E-state index in [0.717, 1.165) is 16.1 Å². The lowest BCUT2D eigenvalue weighted by Gasteiger charge is -2.08. The third-order valence-electron chi connectivity index (χ3n) is 4.51. The molecule has 1 N–H and O–H groups in total. The Balaban J connectivity index is 1.84. The van der Waals surface area contributed by atoms with Crippen molar-refractivity contribution in [1.82, 2.24) is 9.55 Å². The van der Waals surface area contributed by atoms with E-state index in [2.05, 4.69) is 49.2 Å². The van der Waals surface area contributed by atoms with Crippen LogP contribution in [0, 0.1) is 5.92 Å². The molecule has 0 spiro atoms. The zero-order chi connectivity index (χ0) is 18.3. The molecule has 4 rings (SSSR count). The molecule has 132 valence electrons. The van der Waals surface area contributed by atoms with Crippen molar-refractivity contribution in [3.8, 4) is 0 Å². The van der Waals surface area contributed by atoms with Crippen LogP contribution in [-0.2, 0) is 13.0 Å². The fraction of sp³-hybridized carbons (Fsp3) is 0.238. The zero-order valence-electron chi connectivity index (χ0n) is 14.8. The summed E-state index contributed by atoms with van der Waals surface area (Å²) in [5, 5.41) is 3.03. The third kappa shape index (κ3) is 2.99. The number of nitrogens with one attached hydrogen (secondary N) is 1. The Morgan fingerprint density at radius 3 is 2.62 bits per heavy atom. The minimum Gasteiger partial charge on any atom is -0.284 e. The lowest BCUT2D eigenvalue weighted by atomic mass is 10.0. The van der Waals surface area contributed by atoms with Gasteiger partial charge in [-0.15, -0.1) is 11.3 Å². The van der Waals surface area contributed by atoms with Crippen LogP contribution in [-0.4, -0.2) is 9.55 Å². The second-order valence-corrected chi connectivity index (χ2v) is 8.13. The number of rotatable bonds is 4. The summed E-state index contributed by atoms with van der Waals surface area (Å²) >= 11 is 1.54. The number of fused-ring (bicyclic) bond motifs is 2. The van der Waals surface area contributed by atoms with Crippen molar-refractivity contribution in [1.29, 1.82) is 0 Å². The Bertz CT molecular complexity index is 1210. The van der Waals surface area contributed by atoms with E-state index in [1.165, 1.54) is 16.3 Å². The van der Waals surface area contributed by atoms with E-state index < -0.39 is 0 Å². The Morgan fingerprint density at radius 2 is 1.81 bits per heavy atom. The molecule has 0 aliphatic carbocycles. The summed E-state index contributed by atoms with van der Waals surface area (Å²) < 4.78 is 1.69. The highest BCUT2D eigenvalue weighted by Crippen LogP contribution is 2.27. The van der Waals surface area contributed by atoms with Gasteiger partial charge in [0.1, 0.15) is 4.83 Å².